The number of hydrogen-bond donors (Lipinski definition) is 1. The first kappa shape index (κ1) is 12.3. The third kappa shape index (κ3) is 2.12. The molecule has 2 aliphatic rings. The molecule has 0 radical (unpaired) electrons. The molecule has 1 N–H and O–H groups in total. The SMILES string of the molecule is COC1(OC)CN(C2CCCCC2CO)C1. The van der Waals surface area contributed by atoms with Gasteiger partial charge in [-0.3, -0.25) is 4.90 Å². The summed E-state index contributed by atoms with van der Waals surface area (Å²) in [7, 11) is 3.40. The minimum absolute atomic E-state index is 0.314. The largest absolute Gasteiger partial charge is 0.396 e. The maximum absolute atomic E-state index is 9.39. The van der Waals surface area contributed by atoms with Gasteiger partial charge in [0.2, 0.25) is 0 Å². The molecule has 2 rings (SSSR count). The summed E-state index contributed by atoms with van der Waals surface area (Å²) in [5.74, 6) is 0.0535. The van der Waals surface area contributed by atoms with E-state index in [0.29, 0.717) is 18.6 Å². The molecular weight excluding hydrogens is 206 g/mol. The summed E-state index contributed by atoms with van der Waals surface area (Å²) in [6, 6.07) is 0.525. The van der Waals surface area contributed by atoms with Gasteiger partial charge in [0.05, 0.1) is 13.1 Å². The van der Waals surface area contributed by atoms with E-state index in [2.05, 4.69) is 4.90 Å². The lowest BCUT2D eigenvalue weighted by Crippen LogP contribution is -2.68. The minimum atomic E-state index is -0.391. The van der Waals surface area contributed by atoms with Crippen LogP contribution in [0.15, 0.2) is 0 Å². The number of likely N-dealkylation sites (tertiary alicyclic amines) is 1. The molecule has 4 heteroatoms. The number of aliphatic hydroxyl groups excluding tert-OH is 1. The Morgan fingerprint density at radius 2 is 1.81 bits per heavy atom. The van der Waals surface area contributed by atoms with Crippen molar-refractivity contribution >= 4 is 0 Å². The Bertz CT molecular complexity index is 222. The molecule has 0 amide bonds. The average molecular weight is 229 g/mol. The fraction of sp³-hybridized carbons (Fsp3) is 1.00. The molecule has 2 unspecified atom stereocenters. The second-order valence-electron chi connectivity index (χ2n) is 5.02. The van der Waals surface area contributed by atoms with E-state index >= 15 is 0 Å². The molecule has 0 aromatic heterocycles. The molecule has 94 valence electrons. The lowest BCUT2D eigenvalue weighted by molar-refractivity contribution is -0.286. The maximum Gasteiger partial charge on any atom is 0.193 e. The summed E-state index contributed by atoms with van der Waals surface area (Å²) < 4.78 is 10.8. The topological polar surface area (TPSA) is 41.9 Å². The highest BCUT2D eigenvalue weighted by atomic mass is 16.7. The van der Waals surface area contributed by atoms with Crippen molar-refractivity contribution in [2.24, 2.45) is 5.92 Å². The molecule has 1 aliphatic carbocycles. The monoisotopic (exact) mass is 229 g/mol. The van der Waals surface area contributed by atoms with Crippen LogP contribution in [-0.2, 0) is 9.47 Å². The van der Waals surface area contributed by atoms with Crippen molar-refractivity contribution in [2.75, 3.05) is 33.9 Å². The second-order valence-corrected chi connectivity index (χ2v) is 5.02. The summed E-state index contributed by atoms with van der Waals surface area (Å²) in [6.07, 6.45) is 4.90. The van der Waals surface area contributed by atoms with E-state index in [9.17, 15) is 5.11 Å². The third-order valence-corrected chi connectivity index (χ3v) is 4.20. The van der Waals surface area contributed by atoms with Crippen LogP contribution in [0.1, 0.15) is 25.7 Å². The van der Waals surface area contributed by atoms with Gasteiger partial charge < -0.3 is 14.6 Å². The number of nitrogens with zero attached hydrogens (tertiary/aromatic N) is 1. The number of methoxy groups -OCH3 is 2. The fourth-order valence-electron chi connectivity index (χ4n) is 3.03. The average Bonchev–Trinajstić information content (AvgIpc) is 2.29. The molecule has 1 aliphatic heterocycles. The van der Waals surface area contributed by atoms with Crippen molar-refractivity contribution in [1.29, 1.82) is 0 Å². The van der Waals surface area contributed by atoms with Gasteiger partial charge in [-0.1, -0.05) is 12.8 Å². The Labute approximate surface area is 97.5 Å². The van der Waals surface area contributed by atoms with Gasteiger partial charge in [0.1, 0.15) is 0 Å². The Balaban J connectivity index is 1.89. The quantitative estimate of drug-likeness (QED) is 0.725. The van der Waals surface area contributed by atoms with Gasteiger partial charge in [0.15, 0.2) is 5.79 Å². The molecular formula is C12H23NO3. The highest BCUT2D eigenvalue weighted by Gasteiger charge is 2.48. The first-order chi connectivity index (χ1) is 7.74. The van der Waals surface area contributed by atoms with Crippen molar-refractivity contribution < 1.29 is 14.6 Å². The van der Waals surface area contributed by atoms with Crippen LogP contribution in [0, 0.1) is 5.92 Å². The van der Waals surface area contributed by atoms with E-state index in [0.717, 1.165) is 19.5 Å². The number of rotatable bonds is 4. The minimum Gasteiger partial charge on any atom is -0.396 e. The molecule has 16 heavy (non-hydrogen) atoms. The van der Waals surface area contributed by atoms with E-state index in [-0.39, 0.29) is 0 Å². The van der Waals surface area contributed by atoms with E-state index in [4.69, 9.17) is 9.47 Å². The molecule has 0 aromatic carbocycles. The zero-order chi connectivity index (χ0) is 11.6. The molecule has 1 saturated carbocycles. The summed E-state index contributed by atoms with van der Waals surface area (Å²) in [5.41, 5.74) is 0. The number of hydrogen-bond acceptors (Lipinski definition) is 4. The first-order valence-electron chi connectivity index (χ1n) is 6.20. The van der Waals surface area contributed by atoms with Gasteiger partial charge in [0, 0.05) is 26.9 Å². The van der Waals surface area contributed by atoms with Gasteiger partial charge in [-0.25, -0.2) is 0 Å². The van der Waals surface area contributed by atoms with Crippen molar-refractivity contribution in [3.63, 3.8) is 0 Å². The van der Waals surface area contributed by atoms with Crippen LogP contribution in [0.2, 0.25) is 0 Å². The summed E-state index contributed by atoms with van der Waals surface area (Å²) >= 11 is 0. The lowest BCUT2D eigenvalue weighted by atomic mass is 9.82. The number of aliphatic hydroxyl groups is 1. The number of ether oxygens (including phenoxy) is 2. The highest BCUT2D eigenvalue weighted by molar-refractivity contribution is 4.96. The van der Waals surface area contributed by atoms with E-state index in [1.807, 2.05) is 0 Å². The van der Waals surface area contributed by atoms with Crippen LogP contribution in [0.3, 0.4) is 0 Å². The van der Waals surface area contributed by atoms with E-state index in [1.165, 1.54) is 19.3 Å². The van der Waals surface area contributed by atoms with Crippen LogP contribution in [0.5, 0.6) is 0 Å². The summed E-state index contributed by atoms with van der Waals surface area (Å²) in [4.78, 5) is 2.40. The van der Waals surface area contributed by atoms with Crippen LogP contribution in [-0.4, -0.2) is 55.8 Å². The van der Waals surface area contributed by atoms with Crippen LogP contribution in [0.4, 0.5) is 0 Å². The van der Waals surface area contributed by atoms with Crippen molar-refractivity contribution in [3.05, 3.63) is 0 Å². The smallest absolute Gasteiger partial charge is 0.193 e. The third-order valence-electron chi connectivity index (χ3n) is 4.20. The van der Waals surface area contributed by atoms with Gasteiger partial charge in [-0.15, -0.1) is 0 Å². The van der Waals surface area contributed by atoms with Crippen molar-refractivity contribution in [2.45, 2.75) is 37.5 Å². The molecule has 2 atom stereocenters. The maximum atomic E-state index is 9.39. The Morgan fingerprint density at radius 1 is 1.19 bits per heavy atom. The predicted octanol–water partition coefficient (Wildman–Crippen LogP) is 0.842. The van der Waals surface area contributed by atoms with Crippen LogP contribution >= 0.6 is 0 Å². The molecule has 4 nitrogen and oxygen atoms in total. The van der Waals surface area contributed by atoms with Gasteiger partial charge in [0.25, 0.3) is 0 Å². The predicted molar refractivity (Wildman–Crippen MR) is 61.2 cm³/mol. The van der Waals surface area contributed by atoms with Crippen molar-refractivity contribution in [3.8, 4) is 0 Å². The van der Waals surface area contributed by atoms with E-state index in [1.54, 1.807) is 14.2 Å². The summed E-state index contributed by atoms with van der Waals surface area (Å²) in [6.45, 7) is 1.98. The first-order valence-corrected chi connectivity index (χ1v) is 6.20. The van der Waals surface area contributed by atoms with Crippen LogP contribution < -0.4 is 0 Å². The van der Waals surface area contributed by atoms with Crippen LogP contribution in [0.25, 0.3) is 0 Å². The van der Waals surface area contributed by atoms with Crippen molar-refractivity contribution in [1.82, 2.24) is 4.90 Å². The summed E-state index contributed by atoms with van der Waals surface area (Å²) in [5, 5.41) is 9.39. The van der Waals surface area contributed by atoms with Gasteiger partial charge in [-0.05, 0) is 18.8 Å². The fourth-order valence-corrected chi connectivity index (χ4v) is 3.03. The normalized spacial score (nSPS) is 34.7. The van der Waals surface area contributed by atoms with E-state index < -0.39 is 5.79 Å². The molecule has 0 spiro atoms. The molecule has 1 saturated heterocycles. The second kappa shape index (κ2) is 5.00. The molecule has 2 fully saturated rings. The lowest BCUT2D eigenvalue weighted by Gasteiger charge is -2.53. The molecule has 1 heterocycles. The zero-order valence-corrected chi connectivity index (χ0v) is 10.3. The Kier molecular flexibility index (Phi) is 3.85. The highest BCUT2D eigenvalue weighted by Crippen LogP contribution is 2.35. The van der Waals surface area contributed by atoms with Gasteiger partial charge >= 0.3 is 0 Å². The molecule has 0 bridgehead atoms. The Hall–Kier alpha value is -0.160. The zero-order valence-electron chi connectivity index (χ0n) is 10.3. The van der Waals surface area contributed by atoms with Gasteiger partial charge in [-0.2, -0.15) is 0 Å². The standard InChI is InChI=1S/C12H23NO3/c1-15-12(16-2)8-13(9-12)11-6-4-3-5-10(11)7-14/h10-11,14H,3-9H2,1-2H3. The molecule has 0 aromatic rings. The Morgan fingerprint density at radius 3 is 2.38 bits per heavy atom.